The first kappa shape index (κ1) is 23.9. The van der Waals surface area contributed by atoms with Crippen molar-refractivity contribution in [3.8, 4) is 0 Å². The fourth-order valence-electron chi connectivity index (χ4n) is 2.58. The molecule has 5 nitrogen and oxygen atoms in total. The minimum atomic E-state index is -0.313. The number of unbranched alkanes of at least 4 members (excludes halogenated alkanes) is 5. The molecular formula is C20H38O5. The molecule has 1 unspecified atom stereocenters. The zero-order chi connectivity index (χ0) is 18.8. The predicted molar refractivity (Wildman–Crippen MR) is 99.5 cm³/mol. The van der Waals surface area contributed by atoms with E-state index in [0.29, 0.717) is 13.2 Å². The van der Waals surface area contributed by atoms with Gasteiger partial charge in [-0.2, -0.15) is 0 Å². The van der Waals surface area contributed by atoms with Crippen LogP contribution in [-0.2, 0) is 23.8 Å². The number of ether oxygens (including phenoxy) is 3. The standard InChI is InChI=1S/C20H38O5/c1-4-6-8-9-12-18(13-11-16-23-3)25-20(22)15-14-19(21)24-17-10-7-5-2/h18H,4-17H2,1-3H3. The van der Waals surface area contributed by atoms with E-state index in [-0.39, 0.29) is 30.9 Å². The third-order valence-corrected chi connectivity index (χ3v) is 4.10. The van der Waals surface area contributed by atoms with Crippen LogP contribution in [0.2, 0.25) is 0 Å². The highest BCUT2D eigenvalue weighted by Gasteiger charge is 2.16. The Morgan fingerprint density at radius 2 is 1.40 bits per heavy atom. The fraction of sp³-hybridized carbons (Fsp3) is 0.900. The van der Waals surface area contributed by atoms with Gasteiger partial charge in [0, 0.05) is 13.7 Å². The smallest absolute Gasteiger partial charge is 0.306 e. The minimum Gasteiger partial charge on any atom is -0.466 e. The second kappa shape index (κ2) is 17.7. The van der Waals surface area contributed by atoms with Gasteiger partial charge in [0.2, 0.25) is 0 Å². The topological polar surface area (TPSA) is 61.8 Å². The van der Waals surface area contributed by atoms with Crippen molar-refractivity contribution in [2.24, 2.45) is 0 Å². The van der Waals surface area contributed by atoms with Gasteiger partial charge in [0.25, 0.3) is 0 Å². The molecule has 0 heterocycles. The summed E-state index contributed by atoms with van der Waals surface area (Å²) >= 11 is 0. The van der Waals surface area contributed by atoms with Crippen molar-refractivity contribution in [1.29, 1.82) is 0 Å². The van der Waals surface area contributed by atoms with E-state index in [9.17, 15) is 9.59 Å². The first-order valence-corrected chi connectivity index (χ1v) is 9.98. The van der Waals surface area contributed by atoms with Crippen molar-refractivity contribution in [2.45, 2.75) is 97.0 Å². The number of esters is 2. The minimum absolute atomic E-state index is 0.0694. The summed E-state index contributed by atoms with van der Waals surface area (Å²) < 4.78 is 15.7. The van der Waals surface area contributed by atoms with E-state index >= 15 is 0 Å². The highest BCUT2D eigenvalue weighted by molar-refractivity contribution is 5.77. The monoisotopic (exact) mass is 358 g/mol. The summed E-state index contributed by atoms with van der Waals surface area (Å²) in [6.45, 7) is 5.40. The lowest BCUT2D eigenvalue weighted by atomic mass is 10.1. The summed E-state index contributed by atoms with van der Waals surface area (Å²) in [7, 11) is 1.67. The van der Waals surface area contributed by atoms with Gasteiger partial charge in [-0.15, -0.1) is 0 Å². The first-order chi connectivity index (χ1) is 12.1. The molecule has 0 fully saturated rings. The molecule has 0 bridgehead atoms. The van der Waals surface area contributed by atoms with Gasteiger partial charge in [-0.1, -0.05) is 46.0 Å². The van der Waals surface area contributed by atoms with Gasteiger partial charge in [0.05, 0.1) is 19.4 Å². The van der Waals surface area contributed by atoms with Crippen LogP contribution < -0.4 is 0 Å². The van der Waals surface area contributed by atoms with Crippen LogP contribution in [0.25, 0.3) is 0 Å². The molecule has 0 aliphatic carbocycles. The van der Waals surface area contributed by atoms with Crippen LogP contribution >= 0.6 is 0 Å². The maximum Gasteiger partial charge on any atom is 0.306 e. The van der Waals surface area contributed by atoms with Crippen LogP contribution in [0.4, 0.5) is 0 Å². The fourth-order valence-corrected chi connectivity index (χ4v) is 2.58. The summed E-state index contributed by atoms with van der Waals surface area (Å²) in [6, 6.07) is 0. The van der Waals surface area contributed by atoms with Crippen LogP contribution in [0.15, 0.2) is 0 Å². The molecule has 0 saturated heterocycles. The number of carbonyl (C=O) groups is 2. The molecule has 0 aromatic carbocycles. The number of hydrogen-bond donors (Lipinski definition) is 0. The Morgan fingerprint density at radius 3 is 2.08 bits per heavy atom. The molecule has 0 radical (unpaired) electrons. The highest BCUT2D eigenvalue weighted by Crippen LogP contribution is 2.14. The van der Waals surface area contributed by atoms with Crippen molar-refractivity contribution in [3.05, 3.63) is 0 Å². The third-order valence-electron chi connectivity index (χ3n) is 4.10. The van der Waals surface area contributed by atoms with E-state index < -0.39 is 0 Å². The molecule has 1 atom stereocenters. The van der Waals surface area contributed by atoms with Crippen molar-refractivity contribution < 1.29 is 23.8 Å². The van der Waals surface area contributed by atoms with Crippen molar-refractivity contribution in [2.75, 3.05) is 20.3 Å². The Labute approximate surface area is 153 Å². The molecule has 148 valence electrons. The molecule has 0 aliphatic rings. The largest absolute Gasteiger partial charge is 0.466 e. The average Bonchev–Trinajstić information content (AvgIpc) is 2.60. The molecule has 0 aliphatic heterocycles. The second-order valence-electron chi connectivity index (χ2n) is 6.52. The molecule has 5 heteroatoms. The predicted octanol–water partition coefficient (Wildman–Crippen LogP) is 4.81. The van der Waals surface area contributed by atoms with Crippen molar-refractivity contribution in [3.63, 3.8) is 0 Å². The van der Waals surface area contributed by atoms with Crippen LogP contribution in [0.3, 0.4) is 0 Å². The summed E-state index contributed by atoms with van der Waals surface area (Å²) in [6.07, 6.45) is 10.4. The Morgan fingerprint density at radius 1 is 0.760 bits per heavy atom. The van der Waals surface area contributed by atoms with Gasteiger partial charge >= 0.3 is 11.9 Å². The van der Waals surface area contributed by atoms with Crippen molar-refractivity contribution in [1.82, 2.24) is 0 Å². The zero-order valence-corrected chi connectivity index (χ0v) is 16.5. The van der Waals surface area contributed by atoms with Crippen LogP contribution in [-0.4, -0.2) is 38.4 Å². The number of rotatable bonds is 17. The number of methoxy groups -OCH3 is 1. The van der Waals surface area contributed by atoms with E-state index in [4.69, 9.17) is 14.2 Å². The molecule has 25 heavy (non-hydrogen) atoms. The lowest BCUT2D eigenvalue weighted by Gasteiger charge is -2.18. The van der Waals surface area contributed by atoms with E-state index in [1.807, 2.05) is 0 Å². The van der Waals surface area contributed by atoms with Gasteiger partial charge in [0.15, 0.2) is 0 Å². The van der Waals surface area contributed by atoms with Gasteiger partial charge in [0.1, 0.15) is 6.10 Å². The Balaban J connectivity index is 4.01. The summed E-state index contributed by atoms with van der Waals surface area (Å²) in [5.74, 6) is -0.615. The summed E-state index contributed by atoms with van der Waals surface area (Å²) in [5, 5.41) is 0. The molecule has 0 N–H and O–H groups in total. The quantitative estimate of drug-likeness (QED) is 0.276. The number of hydrogen-bond acceptors (Lipinski definition) is 5. The SMILES string of the molecule is CCCCCCC(CCCOC)OC(=O)CCC(=O)OCCCCC. The van der Waals surface area contributed by atoms with Crippen LogP contribution in [0.5, 0.6) is 0 Å². The normalized spacial score (nSPS) is 12.0. The molecule has 0 aromatic heterocycles. The van der Waals surface area contributed by atoms with Crippen LogP contribution in [0.1, 0.15) is 90.9 Å². The summed E-state index contributed by atoms with van der Waals surface area (Å²) in [4.78, 5) is 23.6. The Kier molecular flexibility index (Phi) is 16.9. The zero-order valence-electron chi connectivity index (χ0n) is 16.5. The van der Waals surface area contributed by atoms with E-state index in [1.54, 1.807) is 7.11 Å². The van der Waals surface area contributed by atoms with Gasteiger partial charge < -0.3 is 14.2 Å². The van der Waals surface area contributed by atoms with E-state index in [1.165, 1.54) is 19.3 Å². The van der Waals surface area contributed by atoms with Gasteiger partial charge in [-0.3, -0.25) is 9.59 Å². The summed E-state index contributed by atoms with van der Waals surface area (Å²) in [5.41, 5.74) is 0. The molecule has 0 aromatic rings. The average molecular weight is 359 g/mol. The molecule has 0 saturated carbocycles. The van der Waals surface area contributed by atoms with Crippen molar-refractivity contribution >= 4 is 11.9 Å². The lowest BCUT2D eigenvalue weighted by molar-refractivity contribution is -0.154. The molecular weight excluding hydrogens is 320 g/mol. The molecule has 0 spiro atoms. The Bertz CT molecular complexity index is 330. The van der Waals surface area contributed by atoms with E-state index in [0.717, 1.165) is 44.9 Å². The molecule has 0 amide bonds. The Hall–Kier alpha value is -1.10. The van der Waals surface area contributed by atoms with Gasteiger partial charge in [-0.25, -0.2) is 0 Å². The van der Waals surface area contributed by atoms with Crippen LogP contribution in [0, 0.1) is 0 Å². The van der Waals surface area contributed by atoms with Gasteiger partial charge in [-0.05, 0) is 32.1 Å². The van der Waals surface area contributed by atoms with E-state index in [2.05, 4.69) is 13.8 Å². The maximum atomic E-state index is 12.0. The lowest BCUT2D eigenvalue weighted by Crippen LogP contribution is -2.20. The second-order valence-corrected chi connectivity index (χ2v) is 6.52. The maximum absolute atomic E-state index is 12.0. The first-order valence-electron chi connectivity index (χ1n) is 9.98. The third kappa shape index (κ3) is 16.1. The molecule has 0 rings (SSSR count). The highest BCUT2D eigenvalue weighted by atomic mass is 16.5. The number of carbonyl (C=O) groups excluding carboxylic acids is 2.